The second kappa shape index (κ2) is 7.29. The summed E-state index contributed by atoms with van der Waals surface area (Å²) in [6.45, 7) is 6.64. The lowest BCUT2D eigenvalue weighted by Crippen LogP contribution is -2.35. The van der Waals surface area contributed by atoms with Crippen LogP contribution < -0.4 is 5.56 Å². The molecule has 0 amide bonds. The number of hydrogen-bond donors (Lipinski definition) is 1. The zero-order valence-corrected chi connectivity index (χ0v) is 16.3. The highest BCUT2D eigenvalue weighted by Crippen LogP contribution is 2.22. The summed E-state index contributed by atoms with van der Waals surface area (Å²) in [7, 11) is 0. The van der Waals surface area contributed by atoms with E-state index in [-0.39, 0.29) is 5.56 Å². The third kappa shape index (κ3) is 3.82. The molecule has 1 aliphatic rings. The van der Waals surface area contributed by atoms with Crippen molar-refractivity contribution in [2.45, 2.75) is 33.4 Å². The van der Waals surface area contributed by atoms with Gasteiger partial charge in [0.2, 0.25) is 0 Å². The molecule has 0 unspecified atom stereocenters. The van der Waals surface area contributed by atoms with Gasteiger partial charge in [0.05, 0.1) is 11.3 Å². The molecule has 27 heavy (non-hydrogen) atoms. The van der Waals surface area contributed by atoms with Crippen LogP contribution in [0.25, 0.3) is 11.4 Å². The van der Waals surface area contributed by atoms with Crippen molar-refractivity contribution in [2.24, 2.45) is 0 Å². The number of rotatable bonds is 3. The monoisotopic (exact) mass is 379 g/mol. The number of nitrogens with one attached hydrogen (secondary N) is 1. The highest BCUT2D eigenvalue weighted by molar-refractivity contribution is 6.30. The predicted octanol–water partition coefficient (Wildman–Crippen LogP) is 4.27. The summed E-state index contributed by atoms with van der Waals surface area (Å²) in [6, 6.07) is 13.9. The van der Waals surface area contributed by atoms with E-state index in [0.717, 1.165) is 36.3 Å². The molecule has 0 fully saturated rings. The van der Waals surface area contributed by atoms with Crippen molar-refractivity contribution in [3.63, 3.8) is 0 Å². The summed E-state index contributed by atoms with van der Waals surface area (Å²) in [5.41, 5.74) is 6.39. The lowest BCUT2D eigenvalue weighted by atomic mass is 10.0. The van der Waals surface area contributed by atoms with Crippen molar-refractivity contribution in [3.8, 4) is 11.4 Å². The fourth-order valence-electron chi connectivity index (χ4n) is 3.62. The Labute approximate surface area is 163 Å². The van der Waals surface area contributed by atoms with Gasteiger partial charge in [-0.25, -0.2) is 4.98 Å². The van der Waals surface area contributed by atoms with Crippen molar-refractivity contribution < 1.29 is 0 Å². The molecular formula is C22H22ClN3O. The Morgan fingerprint density at radius 1 is 1.15 bits per heavy atom. The van der Waals surface area contributed by atoms with E-state index in [1.54, 1.807) is 0 Å². The molecule has 4 rings (SSSR count). The molecule has 2 heterocycles. The number of hydrogen-bond acceptors (Lipinski definition) is 3. The summed E-state index contributed by atoms with van der Waals surface area (Å²) in [6.07, 6.45) is 0.782. The van der Waals surface area contributed by atoms with E-state index < -0.39 is 0 Å². The lowest BCUT2D eigenvalue weighted by Gasteiger charge is -2.28. The summed E-state index contributed by atoms with van der Waals surface area (Å²) in [5.74, 6) is 0.609. The Morgan fingerprint density at radius 3 is 2.67 bits per heavy atom. The van der Waals surface area contributed by atoms with Crippen LogP contribution in [0, 0.1) is 13.8 Å². The molecular weight excluding hydrogens is 358 g/mol. The van der Waals surface area contributed by atoms with Crippen molar-refractivity contribution in [1.29, 1.82) is 0 Å². The van der Waals surface area contributed by atoms with Gasteiger partial charge in [-0.2, -0.15) is 0 Å². The topological polar surface area (TPSA) is 49.0 Å². The van der Waals surface area contributed by atoms with E-state index in [1.807, 2.05) is 24.3 Å². The second-order valence-electron chi connectivity index (χ2n) is 7.24. The third-order valence-electron chi connectivity index (χ3n) is 5.16. The maximum Gasteiger partial charge on any atom is 0.255 e. The summed E-state index contributed by atoms with van der Waals surface area (Å²) in [4.78, 5) is 22.7. The number of fused-ring (bicyclic) bond motifs is 1. The highest BCUT2D eigenvalue weighted by Gasteiger charge is 2.22. The zero-order valence-electron chi connectivity index (χ0n) is 15.6. The molecule has 0 atom stereocenters. The normalized spacial score (nSPS) is 14.2. The summed E-state index contributed by atoms with van der Waals surface area (Å²) >= 11 is 5.95. The van der Waals surface area contributed by atoms with E-state index in [9.17, 15) is 4.79 Å². The number of benzene rings is 2. The van der Waals surface area contributed by atoms with E-state index in [4.69, 9.17) is 16.6 Å². The van der Waals surface area contributed by atoms with Gasteiger partial charge < -0.3 is 4.98 Å². The molecule has 138 valence electrons. The molecule has 2 aromatic carbocycles. The first-order chi connectivity index (χ1) is 13.0. The zero-order chi connectivity index (χ0) is 19.0. The maximum atomic E-state index is 12.7. The van der Waals surface area contributed by atoms with Crippen LogP contribution in [0.2, 0.25) is 5.02 Å². The highest BCUT2D eigenvalue weighted by atomic mass is 35.5. The Bertz CT molecular complexity index is 1040. The molecule has 0 saturated carbocycles. The first kappa shape index (κ1) is 18.0. The fraction of sp³-hybridized carbons (Fsp3) is 0.273. The Balaban J connectivity index is 1.58. The Hall–Kier alpha value is -2.43. The number of H-pyrrole nitrogens is 1. The van der Waals surface area contributed by atoms with Gasteiger partial charge in [-0.1, -0.05) is 35.4 Å². The smallest absolute Gasteiger partial charge is 0.255 e. The first-order valence-corrected chi connectivity index (χ1v) is 9.54. The number of halogens is 1. The molecule has 0 spiro atoms. The van der Waals surface area contributed by atoms with Gasteiger partial charge in [-0.3, -0.25) is 9.69 Å². The van der Waals surface area contributed by atoms with Crippen molar-refractivity contribution in [2.75, 3.05) is 6.54 Å². The Morgan fingerprint density at radius 2 is 1.93 bits per heavy atom. The first-order valence-electron chi connectivity index (χ1n) is 9.16. The number of nitrogens with zero attached hydrogens (tertiary/aromatic N) is 2. The Kier molecular flexibility index (Phi) is 4.85. The molecule has 3 aromatic rings. The molecule has 0 bridgehead atoms. The SMILES string of the molecule is Cc1ccc(CN2CCc3nc(-c4ccc(Cl)cc4)[nH]c(=O)c3C2)c(C)c1. The van der Waals surface area contributed by atoms with Crippen LogP contribution in [-0.2, 0) is 19.5 Å². The van der Waals surface area contributed by atoms with Crippen LogP contribution in [0.5, 0.6) is 0 Å². The third-order valence-corrected chi connectivity index (χ3v) is 5.41. The van der Waals surface area contributed by atoms with Gasteiger partial charge in [-0.15, -0.1) is 0 Å². The van der Waals surface area contributed by atoms with Crippen molar-refractivity contribution in [1.82, 2.24) is 14.9 Å². The van der Waals surface area contributed by atoms with Crippen LogP contribution in [0.1, 0.15) is 27.9 Å². The van der Waals surface area contributed by atoms with Crippen molar-refractivity contribution in [3.05, 3.63) is 85.8 Å². The number of aryl methyl sites for hydroxylation is 2. The number of aromatic nitrogens is 2. The standard InChI is InChI=1S/C22H22ClN3O/c1-14-3-4-17(15(2)11-14)12-26-10-9-20-19(13-26)22(27)25-21(24-20)16-5-7-18(23)8-6-16/h3-8,11H,9-10,12-13H2,1-2H3,(H,24,25,27). The molecule has 5 heteroatoms. The van der Waals surface area contributed by atoms with E-state index in [2.05, 4.69) is 41.9 Å². The van der Waals surface area contributed by atoms with Crippen LogP contribution >= 0.6 is 11.6 Å². The molecule has 1 aromatic heterocycles. The fourth-order valence-corrected chi connectivity index (χ4v) is 3.75. The van der Waals surface area contributed by atoms with Crippen LogP contribution in [0.4, 0.5) is 0 Å². The van der Waals surface area contributed by atoms with Gasteiger partial charge in [-0.05, 0) is 49.2 Å². The van der Waals surface area contributed by atoms with Gasteiger partial charge in [0.15, 0.2) is 0 Å². The summed E-state index contributed by atoms with van der Waals surface area (Å²) < 4.78 is 0. The van der Waals surface area contributed by atoms with Gasteiger partial charge in [0.25, 0.3) is 5.56 Å². The maximum absolute atomic E-state index is 12.7. The van der Waals surface area contributed by atoms with Crippen LogP contribution in [0.3, 0.4) is 0 Å². The minimum absolute atomic E-state index is 0.0460. The molecule has 1 N–H and O–H groups in total. The van der Waals surface area contributed by atoms with Gasteiger partial charge >= 0.3 is 0 Å². The average molecular weight is 380 g/mol. The van der Waals surface area contributed by atoms with E-state index >= 15 is 0 Å². The number of aromatic amines is 1. The van der Waals surface area contributed by atoms with Gasteiger partial charge in [0.1, 0.15) is 5.82 Å². The quantitative estimate of drug-likeness (QED) is 0.739. The molecule has 0 aliphatic carbocycles. The second-order valence-corrected chi connectivity index (χ2v) is 7.67. The van der Waals surface area contributed by atoms with Crippen molar-refractivity contribution >= 4 is 11.6 Å². The van der Waals surface area contributed by atoms with Gasteiger partial charge in [0, 0.05) is 36.6 Å². The van der Waals surface area contributed by atoms with E-state index in [1.165, 1.54) is 16.7 Å². The largest absolute Gasteiger partial charge is 0.306 e. The average Bonchev–Trinajstić information content (AvgIpc) is 2.65. The molecule has 0 saturated heterocycles. The lowest BCUT2D eigenvalue weighted by molar-refractivity contribution is 0.241. The minimum Gasteiger partial charge on any atom is -0.306 e. The molecule has 1 aliphatic heterocycles. The predicted molar refractivity (Wildman–Crippen MR) is 109 cm³/mol. The summed E-state index contributed by atoms with van der Waals surface area (Å²) in [5, 5.41) is 0.668. The van der Waals surface area contributed by atoms with Crippen LogP contribution in [0.15, 0.2) is 47.3 Å². The molecule has 4 nitrogen and oxygen atoms in total. The molecule has 0 radical (unpaired) electrons. The minimum atomic E-state index is -0.0460. The van der Waals surface area contributed by atoms with Crippen LogP contribution in [-0.4, -0.2) is 21.4 Å². The van der Waals surface area contributed by atoms with E-state index in [0.29, 0.717) is 17.4 Å².